The lowest BCUT2D eigenvalue weighted by molar-refractivity contribution is 0.0490. The molecule has 0 unspecified atom stereocenters. The van der Waals surface area contributed by atoms with Crippen molar-refractivity contribution < 1.29 is 19.4 Å². The zero-order valence-electron chi connectivity index (χ0n) is 8.11. The second-order valence-electron chi connectivity index (χ2n) is 2.76. The Hall–Kier alpha value is -1.55. The Balaban J connectivity index is 2.95. The van der Waals surface area contributed by atoms with Gasteiger partial charge in [0.2, 0.25) is 0 Å². The van der Waals surface area contributed by atoms with Crippen molar-refractivity contribution >= 4 is 5.78 Å². The van der Waals surface area contributed by atoms with E-state index in [1.54, 1.807) is 12.1 Å². The Bertz CT molecular complexity index is 333. The summed E-state index contributed by atoms with van der Waals surface area (Å²) in [5.74, 6) is -0.0954. The number of ketones is 1. The highest BCUT2D eigenvalue weighted by atomic mass is 16.7. The Morgan fingerprint density at radius 3 is 2.79 bits per heavy atom. The first-order chi connectivity index (χ1) is 6.66. The molecule has 0 atom stereocenters. The number of hydrogen-bond donors (Lipinski definition) is 1. The molecule has 1 N–H and O–H groups in total. The predicted molar refractivity (Wildman–Crippen MR) is 50.6 cm³/mol. The zero-order chi connectivity index (χ0) is 10.6. The predicted octanol–water partition coefficient (Wildman–Crippen LogP) is 1.58. The van der Waals surface area contributed by atoms with Crippen LogP contribution in [0, 0.1) is 0 Å². The summed E-state index contributed by atoms with van der Waals surface area (Å²) >= 11 is 0. The number of carbonyl (C=O) groups is 1. The molecule has 0 saturated heterocycles. The van der Waals surface area contributed by atoms with Crippen molar-refractivity contribution in [2.24, 2.45) is 0 Å². The first kappa shape index (κ1) is 10.5. The summed E-state index contributed by atoms with van der Waals surface area (Å²) < 4.78 is 9.74. The van der Waals surface area contributed by atoms with E-state index in [1.165, 1.54) is 20.1 Å². The molecule has 14 heavy (non-hydrogen) atoms. The van der Waals surface area contributed by atoms with E-state index < -0.39 is 0 Å². The second kappa shape index (κ2) is 4.62. The molecule has 0 heterocycles. The largest absolute Gasteiger partial charge is 0.504 e. The number of para-hydroxylation sites is 1. The minimum Gasteiger partial charge on any atom is -0.504 e. The number of carbonyl (C=O) groups excluding carboxylic acids is 1. The number of phenolic OH excluding ortho intramolecular Hbond substituents is 1. The number of benzene rings is 1. The lowest BCUT2D eigenvalue weighted by Crippen LogP contribution is -2.01. The van der Waals surface area contributed by atoms with E-state index in [0.29, 0.717) is 0 Å². The van der Waals surface area contributed by atoms with E-state index in [0.717, 1.165) is 0 Å². The highest BCUT2D eigenvalue weighted by molar-refractivity contribution is 5.97. The fourth-order valence-electron chi connectivity index (χ4n) is 1.05. The van der Waals surface area contributed by atoms with E-state index >= 15 is 0 Å². The van der Waals surface area contributed by atoms with Crippen LogP contribution in [0.5, 0.6) is 11.5 Å². The third-order valence-corrected chi connectivity index (χ3v) is 1.71. The molecule has 0 aliphatic heterocycles. The highest BCUT2D eigenvalue weighted by Gasteiger charge is 2.10. The van der Waals surface area contributed by atoms with Crippen molar-refractivity contribution in [3.8, 4) is 11.5 Å². The Labute approximate surface area is 82.1 Å². The number of methoxy groups -OCH3 is 1. The van der Waals surface area contributed by atoms with Crippen molar-refractivity contribution in [1.29, 1.82) is 0 Å². The fraction of sp³-hybridized carbons (Fsp3) is 0.300. The molecule has 4 heteroatoms. The number of Topliss-reactive ketones (excluding diaryl/α,β-unsaturated/α-hetero) is 1. The number of phenols is 1. The van der Waals surface area contributed by atoms with Crippen LogP contribution in [-0.4, -0.2) is 24.8 Å². The maximum Gasteiger partial charge on any atom is 0.188 e. The average molecular weight is 196 g/mol. The Morgan fingerprint density at radius 1 is 1.50 bits per heavy atom. The Morgan fingerprint density at radius 2 is 2.21 bits per heavy atom. The van der Waals surface area contributed by atoms with Gasteiger partial charge >= 0.3 is 0 Å². The van der Waals surface area contributed by atoms with Gasteiger partial charge in [0, 0.05) is 7.11 Å². The molecule has 0 radical (unpaired) electrons. The molecule has 1 rings (SSSR count). The summed E-state index contributed by atoms with van der Waals surface area (Å²) in [6.07, 6.45) is 0. The minimum atomic E-state index is -0.203. The van der Waals surface area contributed by atoms with Gasteiger partial charge < -0.3 is 14.6 Å². The molecule has 0 aromatic heterocycles. The van der Waals surface area contributed by atoms with Crippen LogP contribution in [0.4, 0.5) is 0 Å². The van der Waals surface area contributed by atoms with Crippen molar-refractivity contribution in [2.75, 3.05) is 13.9 Å². The monoisotopic (exact) mass is 196 g/mol. The molecular formula is C10H12O4. The van der Waals surface area contributed by atoms with Crippen LogP contribution in [0.15, 0.2) is 18.2 Å². The van der Waals surface area contributed by atoms with Gasteiger partial charge in [-0.1, -0.05) is 6.07 Å². The molecule has 0 spiro atoms. The van der Waals surface area contributed by atoms with E-state index in [9.17, 15) is 9.90 Å². The van der Waals surface area contributed by atoms with Gasteiger partial charge in [-0.2, -0.15) is 0 Å². The van der Waals surface area contributed by atoms with E-state index in [1.807, 2.05) is 0 Å². The summed E-state index contributed by atoms with van der Waals surface area (Å²) in [4.78, 5) is 11.0. The molecule has 4 nitrogen and oxygen atoms in total. The van der Waals surface area contributed by atoms with Gasteiger partial charge in [-0.25, -0.2) is 0 Å². The SMILES string of the molecule is COCOc1cccc(C(C)=O)c1O. The molecule has 1 aromatic rings. The maximum atomic E-state index is 11.0. The van der Waals surface area contributed by atoms with E-state index in [-0.39, 0.29) is 29.6 Å². The number of ether oxygens (including phenoxy) is 2. The Kier molecular flexibility index (Phi) is 3.48. The number of hydrogen-bond acceptors (Lipinski definition) is 4. The summed E-state index contributed by atoms with van der Waals surface area (Å²) in [6, 6.07) is 4.75. The molecule has 76 valence electrons. The first-order valence-corrected chi connectivity index (χ1v) is 4.11. The van der Waals surface area contributed by atoms with Gasteiger partial charge in [0.25, 0.3) is 0 Å². The molecule has 0 saturated carbocycles. The van der Waals surface area contributed by atoms with Crippen molar-refractivity contribution in [3.63, 3.8) is 0 Å². The van der Waals surface area contributed by atoms with Crippen LogP contribution in [0.3, 0.4) is 0 Å². The van der Waals surface area contributed by atoms with Crippen LogP contribution in [0.25, 0.3) is 0 Å². The van der Waals surface area contributed by atoms with Crippen LogP contribution >= 0.6 is 0 Å². The van der Waals surface area contributed by atoms with E-state index in [2.05, 4.69) is 4.74 Å². The van der Waals surface area contributed by atoms with Gasteiger partial charge in [0.05, 0.1) is 5.56 Å². The fourth-order valence-corrected chi connectivity index (χ4v) is 1.05. The van der Waals surface area contributed by atoms with Gasteiger partial charge in [0.1, 0.15) is 0 Å². The molecule has 0 aliphatic rings. The van der Waals surface area contributed by atoms with Gasteiger partial charge in [-0.05, 0) is 19.1 Å². The number of aromatic hydroxyl groups is 1. The lowest BCUT2D eigenvalue weighted by Gasteiger charge is -2.08. The highest BCUT2D eigenvalue weighted by Crippen LogP contribution is 2.29. The molecule has 0 fully saturated rings. The van der Waals surface area contributed by atoms with Crippen LogP contribution in [-0.2, 0) is 4.74 Å². The van der Waals surface area contributed by atoms with Crippen LogP contribution in [0.2, 0.25) is 0 Å². The van der Waals surface area contributed by atoms with Gasteiger partial charge in [-0.3, -0.25) is 4.79 Å². The smallest absolute Gasteiger partial charge is 0.188 e. The van der Waals surface area contributed by atoms with Crippen LogP contribution < -0.4 is 4.74 Å². The minimum absolute atomic E-state index is 0.0366. The number of rotatable bonds is 4. The molecule has 0 bridgehead atoms. The summed E-state index contributed by atoms with van der Waals surface area (Å²) in [5.41, 5.74) is 0.249. The lowest BCUT2D eigenvalue weighted by atomic mass is 10.1. The average Bonchev–Trinajstić information content (AvgIpc) is 2.16. The summed E-state index contributed by atoms with van der Waals surface area (Å²) in [5, 5.41) is 9.58. The maximum absolute atomic E-state index is 11.0. The third-order valence-electron chi connectivity index (χ3n) is 1.71. The molecular weight excluding hydrogens is 184 g/mol. The van der Waals surface area contributed by atoms with Crippen molar-refractivity contribution in [2.45, 2.75) is 6.92 Å². The standard InChI is InChI=1S/C10H12O4/c1-7(11)8-4-3-5-9(10(8)12)14-6-13-2/h3-5,12H,6H2,1-2H3. The second-order valence-corrected chi connectivity index (χ2v) is 2.76. The van der Waals surface area contributed by atoms with E-state index in [4.69, 9.17) is 4.74 Å². The quantitative estimate of drug-likeness (QED) is 0.586. The van der Waals surface area contributed by atoms with Crippen molar-refractivity contribution in [3.05, 3.63) is 23.8 Å². The third kappa shape index (κ3) is 2.23. The topological polar surface area (TPSA) is 55.8 Å². The van der Waals surface area contributed by atoms with Gasteiger partial charge in [-0.15, -0.1) is 0 Å². The summed E-state index contributed by atoms with van der Waals surface area (Å²) in [7, 11) is 1.48. The first-order valence-electron chi connectivity index (χ1n) is 4.11. The molecule has 1 aromatic carbocycles. The summed E-state index contributed by atoms with van der Waals surface area (Å²) in [6.45, 7) is 1.42. The molecule has 0 amide bonds. The molecule has 0 aliphatic carbocycles. The zero-order valence-corrected chi connectivity index (χ0v) is 8.11. The van der Waals surface area contributed by atoms with Gasteiger partial charge in [0.15, 0.2) is 24.1 Å². The van der Waals surface area contributed by atoms with Crippen LogP contribution in [0.1, 0.15) is 17.3 Å². The van der Waals surface area contributed by atoms with Crippen molar-refractivity contribution in [1.82, 2.24) is 0 Å². The normalized spacial score (nSPS) is 9.86.